The van der Waals surface area contributed by atoms with Gasteiger partial charge in [0.15, 0.2) is 0 Å². The Labute approximate surface area is 115 Å². The van der Waals surface area contributed by atoms with Crippen molar-refractivity contribution in [1.29, 1.82) is 0 Å². The van der Waals surface area contributed by atoms with Crippen LogP contribution in [0.3, 0.4) is 0 Å². The summed E-state index contributed by atoms with van der Waals surface area (Å²) in [4.78, 5) is 27.9. The first-order valence-electron chi connectivity index (χ1n) is 5.77. The van der Waals surface area contributed by atoms with E-state index in [1.54, 1.807) is 0 Å². The van der Waals surface area contributed by atoms with Crippen molar-refractivity contribution < 1.29 is 34.2 Å². The van der Waals surface area contributed by atoms with Gasteiger partial charge in [0.2, 0.25) is 0 Å². The van der Waals surface area contributed by atoms with Crippen LogP contribution in [0.1, 0.15) is 52.4 Å². The molecule has 0 heterocycles. The summed E-state index contributed by atoms with van der Waals surface area (Å²) >= 11 is 0. The molecule has 0 aromatic heterocycles. The van der Waals surface area contributed by atoms with E-state index in [1.165, 1.54) is 0 Å². The fraction of sp³-hybridized carbons (Fsp3) is 1.00. The van der Waals surface area contributed by atoms with E-state index in [0.717, 1.165) is 50.0 Å². The molecule has 16 heavy (non-hydrogen) atoms. The molecule has 6 heteroatoms. The SMILES string of the molecule is CCCCCS(CCCCC)=P(O)(O)O.[Zn]. The zero-order chi connectivity index (χ0) is 11.7. The molecule has 0 aromatic rings. The van der Waals surface area contributed by atoms with Crippen LogP contribution in [-0.2, 0) is 29.6 Å². The molecule has 0 aliphatic heterocycles. The zero-order valence-electron chi connectivity index (χ0n) is 10.6. The monoisotopic (exact) mass is 320 g/mol. The van der Waals surface area contributed by atoms with Crippen LogP contribution in [0.15, 0.2) is 0 Å². The van der Waals surface area contributed by atoms with Crippen molar-refractivity contribution in [2.45, 2.75) is 52.4 Å². The molecule has 0 radical (unpaired) electrons. The Hall–Kier alpha value is 1.28. The third-order valence-corrected chi connectivity index (χ3v) is 7.70. The summed E-state index contributed by atoms with van der Waals surface area (Å²) in [5.41, 5.74) is 0. The minimum absolute atomic E-state index is 0. The normalized spacial score (nSPS) is 11.6. The molecule has 0 saturated heterocycles. The third-order valence-electron chi connectivity index (χ3n) is 2.31. The van der Waals surface area contributed by atoms with Gasteiger partial charge in [0.05, 0.1) is 0 Å². The fourth-order valence-corrected chi connectivity index (χ4v) is 5.40. The molecule has 0 unspecified atom stereocenters. The van der Waals surface area contributed by atoms with Gasteiger partial charge in [0, 0.05) is 19.5 Å². The van der Waals surface area contributed by atoms with Crippen LogP contribution < -0.4 is 0 Å². The standard InChI is InChI=1S/C10H25O3PS.Zn/c1-3-5-7-9-15(14(11,12)13)10-8-6-4-2;/h11-13H,3-10H2,1-2H3;. The second-order valence-corrected chi connectivity index (χ2v) is 9.58. The van der Waals surface area contributed by atoms with E-state index in [0.29, 0.717) is 0 Å². The van der Waals surface area contributed by atoms with Gasteiger partial charge in [0.25, 0.3) is 6.72 Å². The summed E-state index contributed by atoms with van der Waals surface area (Å²) in [6.45, 7) is 0.660. The molecular formula is C10H25O3PSZn. The molecule has 0 spiro atoms. The van der Waals surface area contributed by atoms with Crippen molar-refractivity contribution in [2.24, 2.45) is 0 Å². The average molecular weight is 322 g/mol. The smallest absolute Gasteiger partial charge is 0.277 e. The minimum Gasteiger partial charge on any atom is -0.329 e. The summed E-state index contributed by atoms with van der Waals surface area (Å²) in [5, 5.41) is 0. The van der Waals surface area contributed by atoms with E-state index >= 15 is 0 Å². The van der Waals surface area contributed by atoms with Crippen LogP contribution in [0.5, 0.6) is 0 Å². The molecule has 0 saturated carbocycles. The molecule has 0 bridgehead atoms. The Bertz CT molecular complexity index is 198. The van der Waals surface area contributed by atoms with Crippen molar-refractivity contribution in [3.63, 3.8) is 0 Å². The number of hydrogen-bond acceptors (Lipinski definition) is 0. The molecule has 0 aliphatic carbocycles. The Morgan fingerprint density at radius 2 is 1.19 bits per heavy atom. The summed E-state index contributed by atoms with van der Waals surface area (Å²) in [6.07, 6.45) is 6.46. The van der Waals surface area contributed by atoms with Gasteiger partial charge < -0.3 is 14.7 Å². The summed E-state index contributed by atoms with van der Waals surface area (Å²) in [5.74, 6) is 1.55. The number of rotatable bonds is 8. The molecule has 96 valence electrons. The maximum atomic E-state index is 9.31. The second kappa shape index (κ2) is 11.4. The Kier molecular flexibility index (Phi) is 14.0. The number of hydrogen-bond donors (Lipinski definition) is 3. The van der Waals surface area contributed by atoms with E-state index in [-0.39, 0.29) is 19.5 Å². The topological polar surface area (TPSA) is 60.7 Å². The predicted molar refractivity (Wildman–Crippen MR) is 69.7 cm³/mol. The van der Waals surface area contributed by atoms with E-state index in [2.05, 4.69) is 13.8 Å². The first kappa shape index (κ1) is 19.6. The molecular weight excluding hydrogens is 297 g/mol. The first-order valence-corrected chi connectivity index (χ1v) is 9.59. The maximum Gasteiger partial charge on any atom is 0.277 e. The van der Waals surface area contributed by atoms with Crippen molar-refractivity contribution in [1.82, 2.24) is 0 Å². The van der Waals surface area contributed by atoms with E-state index in [4.69, 9.17) is 0 Å². The van der Waals surface area contributed by atoms with Crippen LogP contribution in [0, 0.1) is 0 Å². The van der Waals surface area contributed by atoms with Gasteiger partial charge in [-0.25, -0.2) is 0 Å². The largest absolute Gasteiger partial charge is 0.329 e. The Balaban J connectivity index is 0. The summed E-state index contributed by atoms with van der Waals surface area (Å²) in [6, 6.07) is 0. The van der Waals surface area contributed by atoms with Crippen LogP contribution in [0.4, 0.5) is 0 Å². The quantitative estimate of drug-likeness (QED) is 0.366. The van der Waals surface area contributed by atoms with Gasteiger partial charge in [-0.2, -0.15) is 0 Å². The van der Waals surface area contributed by atoms with Gasteiger partial charge in [0.1, 0.15) is 0 Å². The van der Waals surface area contributed by atoms with Gasteiger partial charge >= 0.3 is 0 Å². The van der Waals surface area contributed by atoms with Crippen LogP contribution in [0.25, 0.3) is 0 Å². The fourth-order valence-electron chi connectivity index (χ4n) is 1.38. The Morgan fingerprint density at radius 1 is 0.812 bits per heavy atom. The Morgan fingerprint density at radius 3 is 1.44 bits per heavy atom. The molecule has 0 aromatic carbocycles. The summed E-state index contributed by atoms with van der Waals surface area (Å²) < 4.78 is 0. The molecule has 0 rings (SSSR count). The van der Waals surface area contributed by atoms with Crippen molar-refractivity contribution >= 4 is 16.8 Å². The molecule has 0 atom stereocenters. The van der Waals surface area contributed by atoms with Crippen LogP contribution in [-0.4, -0.2) is 26.2 Å². The maximum absolute atomic E-state index is 9.31. The van der Waals surface area contributed by atoms with Gasteiger partial charge in [-0.15, -0.1) is 10.1 Å². The zero-order valence-corrected chi connectivity index (χ0v) is 15.2. The van der Waals surface area contributed by atoms with E-state index < -0.39 is 16.8 Å². The predicted octanol–water partition coefficient (Wildman–Crippen LogP) is 2.64. The van der Waals surface area contributed by atoms with Crippen molar-refractivity contribution in [2.75, 3.05) is 11.5 Å². The van der Waals surface area contributed by atoms with Gasteiger partial charge in [-0.3, -0.25) is 0 Å². The first-order chi connectivity index (χ1) is 7.02. The van der Waals surface area contributed by atoms with Gasteiger partial charge in [-0.05, 0) is 24.3 Å². The molecule has 0 aliphatic rings. The van der Waals surface area contributed by atoms with Crippen LogP contribution >= 0.6 is 6.72 Å². The molecule has 3 N–H and O–H groups in total. The van der Waals surface area contributed by atoms with E-state index in [1.807, 2.05) is 0 Å². The molecule has 0 fully saturated rings. The summed E-state index contributed by atoms with van der Waals surface area (Å²) in [7, 11) is -0.567. The minimum atomic E-state index is -3.58. The molecule has 3 nitrogen and oxygen atoms in total. The molecule has 0 amide bonds. The second-order valence-electron chi connectivity index (χ2n) is 3.80. The average Bonchev–Trinajstić information content (AvgIpc) is 2.14. The van der Waals surface area contributed by atoms with Gasteiger partial charge in [-0.1, -0.05) is 39.5 Å². The number of unbranched alkanes of at least 4 members (excludes halogenated alkanes) is 4. The van der Waals surface area contributed by atoms with Crippen molar-refractivity contribution in [3.8, 4) is 0 Å². The third kappa shape index (κ3) is 10.4. The van der Waals surface area contributed by atoms with Crippen molar-refractivity contribution in [3.05, 3.63) is 0 Å². The van der Waals surface area contributed by atoms with Crippen LogP contribution in [0.2, 0.25) is 0 Å². The van der Waals surface area contributed by atoms with E-state index in [9.17, 15) is 14.7 Å².